The van der Waals surface area contributed by atoms with Crippen LogP contribution >= 0.6 is 0 Å². The molecule has 1 fully saturated rings. The van der Waals surface area contributed by atoms with E-state index in [4.69, 9.17) is 4.74 Å². The molecule has 40 heavy (non-hydrogen) atoms. The smallest absolute Gasteiger partial charge is 0.419 e. The van der Waals surface area contributed by atoms with Gasteiger partial charge in [-0.05, 0) is 62.7 Å². The fraction of sp³-hybridized carbons (Fsp3) is 0.429. The normalized spacial score (nSPS) is 14.6. The number of nitrogens with zero attached hydrogens (tertiary/aromatic N) is 5. The van der Waals surface area contributed by atoms with E-state index in [2.05, 4.69) is 19.9 Å². The molecule has 0 atom stereocenters. The Morgan fingerprint density at radius 3 is 2.50 bits per heavy atom. The molecule has 8 nitrogen and oxygen atoms in total. The minimum absolute atomic E-state index is 0.0314. The number of hydrogen-bond acceptors (Lipinski definition) is 8. The number of carbonyl (C=O) groups is 2. The summed E-state index contributed by atoms with van der Waals surface area (Å²) in [4.78, 5) is 41.1. The third kappa shape index (κ3) is 7.94. The standard InChI is InChI=1S/C28H30BF3N5O3/c1-2-40-27(39)14-22-15-33-18-35-24(22)7-8-25-23(28(30,31)32)16-34-26(36-25)13-19-3-5-20(6-4-19)21-9-11-37(12-10-21)29-17-38/h3-6,15-18,21H,2,7-14H2,1H3. The maximum Gasteiger partial charge on any atom is 0.419 e. The molecule has 0 amide bonds. The maximum absolute atomic E-state index is 13.8. The molecule has 0 saturated carbocycles. The molecule has 12 heteroatoms. The number of esters is 1. The number of aryl methyl sites for hydroxylation is 2. The topological polar surface area (TPSA) is 98.2 Å². The van der Waals surface area contributed by atoms with E-state index in [1.807, 2.05) is 29.1 Å². The molecule has 4 rings (SSSR count). The van der Waals surface area contributed by atoms with Gasteiger partial charge in [-0.3, -0.25) is 4.79 Å². The van der Waals surface area contributed by atoms with Crippen molar-refractivity contribution >= 4 is 19.6 Å². The van der Waals surface area contributed by atoms with Crippen LogP contribution in [0.25, 0.3) is 0 Å². The van der Waals surface area contributed by atoms with Gasteiger partial charge in [0.2, 0.25) is 0 Å². The van der Waals surface area contributed by atoms with Gasteiger partial charge in [0.05, 0.1) is 30.5 Å². The van der Waals surface area contributed by atoms with Gasteiger partial charge in [0.1, 0.15) is 12.2 Å². The van der Waals surface area contributed by atoms with Crippen LogP contribution in [0.2, 0.25) is 0 Å². The van der Waals surface area contributed by atoms with E-state index in [0.29, 0.717) is 29.4 Å². The summed E-state index contributed by atoms with van der Waals surface area (Å²) in [7, 11) is 1.58. The Hall–Kier alpha value is -3.67. The first-order valence-corrected chi connectivity index (χ1v) is 13.2. The summed E-state index contributed by atoms with van der Waals surface area (Å²) in [6.07, 6.45) is 2.07. The molecule has 0 spiro atoms. The second kappa shape index (κ2) is 13.6. The highest BCUT2D eigenvalue weighted by Crippen LogP contribution is 2.32. The van der Waals surface area contributed by atoms with Crippen molar-refractivity contribution in [3.05, 3.63) is 82.5 Å². The van der Waals surface area contributed by atoms with E-state index in [1.54, 1.807) is 14.3 Å². The van der Waals surface area contributed by atoms with Crippen molar-refractivity contribution in [3.63, 3.8) is 0 Å². The van der Waals surface area contributed by atoms with E-state index in [9.17, 15) is 22.8 Å². The lowest BCUT2D eigenvalue weighted by Crippen LogP contribution is -2.36. The third-order valence-electron chi connectivity index (χ3n) is 6.96. The molecule has 3 aromatic rings. The molecule has 0 bridgehead atoms. The first kappa shape index (κ1) is 29.3. The summed E-state index contributed by atoms with van der Waals surface area (Å²) in [6.45, 7) is 3.57. The summed E-state index contributed by atoms with van der Waals surface area (Å²) in [5.74, 6) is 0.240. The number of aromatic nitrogens is 4. The lowest BCUT2D eigenvalue weighted by molar-refractivity contribution is -0.142. The second-order valence-electron chi connectivity index (χ2n) is 9.63. The average Bonchev–Trinajstić information content (AvgIpc) is 2.93. The van der Waals surface area contributed by atoms with Crippen LogP contribution in [0.1, 0.15) is 65.1 Å². The molecule has 1 aliphatic rings. The number of ether oxygens (including phenoxy) is 1. The first-order valence-electron chi connectivity index (χ1n) is 13.2. The number of alkyl halides is 3. The number of carbonyl (C=O) groups excluding carboxylic acids is 2. The molecule has 0 aliphatic carbocycles. The Bertz CT molecular complexity index is 1300. The van der Waals surface area contributed by atoms with Gasteiger partial charge in [-0.1, -0.05) is 24.3 Å². The van der Waals surface area contributed by atoms with E-state index in [0.717, 1.165) is 43.9 Å². The zero-order valence-corrected chi connectivity index (χ0v) is 22.2. The SMILES string of the molecule is CCOC(=O)Cc1cncnc1CCc1nc(Cc2ccc(C3CCN([B]C=O)CC3)cc2)ncc1C(F)(F)F. The van der Waals surface area contributed by atoms with Crippen LogP contribution < -0.4 is 0 Å². The van der Waals surface area contributed by atoms with E-state index < -0.39 is 17.7 Å². The lowest BCUT2D eigenvalue weighted by atomic mass is 9.84. The molecule has 3 heterocycles. The van der Waals surface area contributed by atoms with Gasteiger partial charge in [-0.2, -0.15) is 13.2 Å². The van der Waals surface area contributed by atoms with Crippen molar-refractivity contribution in [3.8, 4) is 0 Å². The third-order valence-corrected chi connectivity index (χ3v) is 6.96. The predicted molar refractivity (Wildman–Crippen MR) is 142 cm³/mol. The van der Waals surface area contributed by atoms with E-state index >= 15 is 0 Å². The Morgan fingerprint density at radius 2 is 1.82 bits per heavy atom. The van der Waals surface area contributed by atoms with Gasteiger partial charge < -0.3 is 14.3 Å². The summed E-state index contributed by atoms with van der Waals surface area (Å²) >= 11 is 0. The van der Waals surface area contributed by atoms with Crippen molar-refractivity contribution in [2.45, 2.75) is 57.5 Å². The van der Waals surface area contributed by atoms with Crippen molar-refractivity contribution in [1.29, 1.82) is 0 Å². The quantitative estimate of drug-likeness (QED) is 0.202. The highest BCUT2D eigenvalue weighted by atomic mass is 19.4. The molecule has 209 valence electrons. The van der Waals surface area contributed by atoms with Crippen LogP contribution in [0, 0.1) is 0 Å². The van der Waals surface area contributed by atoms with E-state index in [1.165, 1.54) is 18.1 Å². The van der Waals surface area contributed by atoms with Crippen LogP contribution in [-0.2, 0) is 46.2 Å². The summed E-state index contributed by atoms with van der Waals surface area (Å²) < 4.78 is 46.3. The lowest BCUT2D eigenvalue weighted by Gasteiger charge is -2.30. The molecule has 1 radical (unpaired) electrons. The minimum atomic E-state index is -4.60. The summed E-state index contributed by atoms with van der Waals surface area (Å²) in [6, 6.07) is 8.01. The highest BCUT2D eigenvalue weighted by molar-refractivity contribution is 6.64. The zero-order valence-electron chi connectivity index (χ0n) is 22.2. The van der Waals surface area contributed by atoms with E-state index in [-0.39, 0.29) is 31.6 Å². The fourth-order valence-corrected chi connectivity index (χ4v) is 4.89. The molecule has 1 aromatic carbocycles. The molecule has 2 aromatic heterocycles. The van der Waals surface area contributed by atoms with Crippen molar-refractivity contribution in [1.82, 2.24) is 24.7 Å². The van der Waals surface area contributed by atoms with Crippen molar-refractivity contribution in [2.24, 2.45) is 0 Å². The zero-order chi connectivity index (χ0) is 28.5. The molecular formula is C28H30BF3N5O3. The van der Waals surface area contributed by atoms with Crippen LogP contribution in [0.3, 0.4) is 0 Å². The average molecular weight is 552 g/mol. The molecule has 1 aliphatic heterocycles. The molecule has 0 unspecified atom stereocenters. The number of piperidine rings is 1. The number of hydrogen-bond donors (Lipinski definition) is 0. The highest BCUT2D eigenvalue weighted by Gasteiger charge is 2.35. The second-order valence-corrected chi connectivity index (χ2v) is 9.63. The predicted octanol–water partition coefficient (Wildman–Crippen LogP) is 3.76. The summed E-state index contributed by atoms with van der Waals surface area (Å²) in [5.41, 5.74) is 2.08. The largest absolute Gasteiger partial charge is 0.466 e. The van der Waals surface area contributed by atoms with Crippen molar-refractivity contribution < 1.29 is 27.5 Å². The van der Waals surface area contributed by atoms with Gasteiger partial charge in [-0.25, -0.2) is 19.9 Å². The van der Waals surface area contributed by atoms with Gasteiger partial charge in [-0.15, -0.1) is 0 Å². The minimum Gasteiger partial charge on any atom is -0.466 e. The Morgan fingerprint density at radius 1 is 1.10 bits per heavy atom. The first-order chi connectivity index (χ1) is 19.3. The fourth-order valence-electron chi connectivity index (χ4n) is 4.89. The maximum atomic E-state index is 13.8. The van der Waals surface area contributed by atoms with Crippen LogP contribution in [0.15, 0.2) is 43.0 Å². The molecule has 1 saturated heterocycles. The van der Waals surface area contributed by atoms with Gasteiger partial charge in [0.25, 0.3) is 7.41 Å². The molecular weight excluding hydrogens is 522 g/mol. The van der Waals surface area contributed by atoms with Gasteiger partial charge in [0.15, 0.2) is 0 Å². The van der Waals surface area contributed by atoms with Crippen LogP contribution in [0.4, 0.5) is 13.2 Å². The van der Waals surface area contributed by atoms with Gasteiger partial charge >= 0.3 is 12.1 Å². The Balaban J connectivity index is 1.46. The number of benzene rings is 1. The Kier molecular flexibility index (Phi) is 9.97. The van der Waals surface area contributed by atoms with Gasteiger partial charge in [0, 0.05) is 30.1 Å². The monoisotopic (exact) mass is 552 g/mol. The van der Waals surface area contributed by atoms with Crippen LogP contribution in [0.5, 0.6) is 0 Å². The van der Waals surface area contributed by atoms with Crippen molar-refractivity contribution in [2.75, 3.05) is 19.7 Å². The number of rotatable bonds is 11. The Labute approximate surface area is 231 Å². The van der Waals surface area contributed by atoms with Crippen LogP contribution in [-0.4, -0.2) is 64.0 Å². The number of halogens is 3. The summed E-state index contributed by atoms with van der Waals surface area (Å²) in [5, 5.41) is 0. The molecule has 0 N–H and O–H groups in total.